The third kappa shape index (κ3) is 3.45. The second-order valence-electron chi connectivity index (χ2n) is 3.40. The quantitative estimate of drug-likeness (QED) is 0.481. The van der Waals surface area contributed by atoms with E-state index in [0.717, 1.165) is 0 Å². The van der Waals surface area contributed by atoms with Crippen molar-refractivity contribution in [3.05, 3.63) is 34.3 Å². The van der Waals surface area contributed by atoms with Crippen LogP contribution in [0.1, 0.15) is 34.6 Å². The molecule has 92 valence electrons. The zero-order valence-electron chi connectivity index (χ0n) is 9.50. The second-order valence-corrected chi connectivity index (χ2v) is 4.46. The Kier molecular flexibility index (Phi) is 4.97. The molecule has 17 heavy (non-hydrogen) atoms. The zero-order valence-corrected chi connectivity index (χ0v) is 11.0. The zero-order chi connectivity index (χ0) is 13.0. The van der Waals surface area contributed by atoms with Crippen molar-refractivity contribution in [2.45, 2.75) is 19.2 Å². The van der Waals surface area contributed by atoms with Crippen LogP contribution in [0.25, 0.3) is 0 Å². The van der Waals surface area contributed by atoms with Gasteiger partial charge in [-0.3, -0.25) is 4.79 Å². The van der Waals surface area contributed by atoms with Crippen LogP contribution >= 0.6 is 23.2 Å². The van der Waals surface area contributed by atoms with Gasteiger partial charge >= 0.3 is 5.97 Å². The number of rotatable bonds is 4. The Morgan fingerprint density at radius 3 is 2.59 bits per heavy atom. The minimum absolute atomic E-state index is 0.236. The Bertz CT molecular complexity index is 441. The molecule has 3 nitrogen and oxygen atoms in total. The third-order valence-corrected chi connectivity index (χ3v) is 2.63. The maximum Gasteiger partial charge on any atom is 0.338 e. The van der Waals surface area contributed by atoms with E-state index in [0.29, 0.717) is 0 Å². The molecule has 0 heterocycles. The summed E-state index contributed by atoms with van der Waals surface area (Å²) in [4.78, 5) is 23.2. The molecule has 1 aromatic carbocycles. The van der Waals surface area contributed by atoms with E-state index in [-0.39, 0.29) is 28.5 Å². The number of carbonyl (C=O) groups is 2. The average Bonchev–Trinajstić information content (AvgIpc) is 2.28. The summed E-state index contributed by atoms with van der Waals surface area (Å²) in [6.07, 6.45) is 0. The number of hydrogen-bond donors (Lipinski definition) is 0. The van der Waals surface area contributed by atoms with Gasteiger partial charge in [-0.05, 0) is 32.0 Å². The predicted octanol–water partition coefficient (Wildman–Crippen LogP) is 3.33. The Balaban J connectivity index is 3.10. The molecule has 1 aromatic rings. The minimum atomic E-state index is -0.690. The van der Waals surface area contributed by atoms with Crippen molar-refractivity contribution in [2.24, 2.45) is 0 Å². The fourth-order valence-electron chi connectivity index (χ4n) is 1.27. The SMILES string of the molecule is CCOC(=O)c1ccc(Cl)c(C(=O)C(C)Cl)c1. The Morgan fingerprint density at radius 1 is 1.41 bits per heavy atom. The van der Waals surface area contributed by atoms with E-state index in [1.54, 1.807) is 13.8 Å². The first-order valence-electron chi connectivity index (χ1n) is 5.12. The molecule has 0 aliphatic carbocycles. The topological polar surface area (TPSA) is 43.4 Å². The van der Waals surface area contributed by atoms with Crippen LogP contribution in [0.3, 0.4) is 0 Å². The van der Waals surface area contributed by atoms with Gasteiger partial charge in [0.2, 0.25) is 0 Å². The van der Waals surface area contributed by atoms with Crippen LogP contribution in [0.4, 0.5) is 0 Å². The van der Waals surface area contributed by atoms with Gasteiger partial charge < -0.3 is 4.74 Å². The smallest absolute Gasteiger partial charge is 0.338 e. The summed E-state index contributed by atoms with van der Waals surface area (Å²) in [6, 6.07) is 4.40. The van der Waals surface area contributed by atoms with Crippen LogP contribution in [-0.4, -0.2) is 23.7 Å². The van der Waals surface area contributed by atoms with Gasteiger partial charge in [-0.15, -0.1) is 11.6 Å². The van der Waals surface area contributed by atoms with Gasteiger partial charge in [-0.1, -0.05) is 11.6 Å². The lowest BCUT2D eigenvalue weighted by atomic mass is 10.1. The van der Waals surface area contributed by atoms with Crippen LogP contribution in [0, 0.1) is 0 Å². The van der Waals surface area contributed by atoms with Crippen LogP contribution < -0.4 is 0 Å². The van der Waals surface area contributed by atoms with Crippen molar-refractivity contribution in [3.8, 4) is 0 Å². The van der Waals surface area contributed by atoms with E-state index in [9.17, 15) is 9.59 Å². The van der Waals surface area contributed by atoms with Crippen molar-refractivity contribution in [1.29, 1.82) is 0 Å². The average molecular weight is 275 g/mol. The summed E-state index contributed by atoms with van der Waals surface area (Å²) in [5.41, 5.74) is 0.525. The number of Topliss-reactive ketones (excluding diaryl/α,β-unsaturated/α-hetero) is 1. The molecule has 0 amide bonds. The molecule has 0 aromatic heterocycles. The van der Waals surface area contributed by atoms with Gasteiger partial charge in [0.25, 0.3) is 0 Å². The van der Waals surface area contributed by atoms with E-state index < -0.39 is 11.3 Å². The largest absolute Gasteiger partial charge is 0.462 e. The number of halogens is 2. The fraction of sp³-hybridized carbons (Fsp3) is 0.333. The molecule has 1 unspecified atom stereocenters. The van der Waals surface area contributed by atoms with Crippen LogP contribution in [0.2, 0.25) is 5.02 Å². The highest BCUT2D eigenvalue weighted by Gasteiger charge is 2.18. The Labute approximate surface area is 110 Å². The molecule has 0 radical (unpaired) electrons. The summed E-state index contributed by atoms with van der Waals surface area (Å²) in [6.45, 7) is 3.54. The van der Waals surface area contributed by atoms with E-state index in [1.807, 2.05) is 0 Å². The summed E-state index contributed by atoms with van der Waals surface area (Å²) < 4.78 is 4.84. The summed E-state index contributed by atoms with van der Waals surface area (Å²) in [7, 11) is 0. The monoisotopic (exact) mass is 274 g/mol. The second kappa shape index (κ2) is 6.03. The molecule has 0 saturated heterocycles. The van der Waals surface area contributed by atoms with Crippen LogP contribution in [0.15, 0.2) is 18.2 Å². The molecule has 0 aliphatic heterocycles. The summed E-state index contributed by atoms with van der Waals surface area (Å²) in [5.74, 6) is -0.803. The number of benzene rings is 1. The lowest BCUT2D eigenvalue weighted by Crippen LogP contribution is -2.13. The number of ether oxygens (including phenoxy) is 1. The van der Waals surface area contributed by atoms with Gasteiger partial charge in [0.05, 0.1) is 22.6 Å². The van der Waals surface area contributed by atoms with Crippen molar-refractivity contribution in [2.75, 3.05) is 6.61 Å². The molecule has 1 rings (SSSR count). The molecule has 0 saturated carbocycles. The van der Waals surface area contributed by atoms with Crippen LogP contribution in [0.5, 0.6) is 0 Å². The molecule has 0 aliphatic rings. The Hall–Kier alpha value is -1.06. The van der Waals surface area contributed by atoms with Gasteiger partial charge in [0.1, 0.15) is 0 Å². The highest BCUT2D eigenvalue weighted by molar-refractivity contribution is 6.38. The number of carbonyl (C=O) groups excluding carboxylic acids is 2. The van der Waals surface area contributed by atoms with E-state index in [4.69, 9.17) is 27.9 Å². The highest BCUT2D eigenvalue weighted by atomic mass is 35.5. The van der Waals surface area contributed by atoms with Crippen LogP contribution in [-0.2, 0) is 4.74 Å². The molecule has 1 atom stereocenters. The molecule has 0 bridgehead atoms. The van der Waals surface area contributed by atoms with Gasteiger partial charge in [-0.2, -0.15) is 0 Å². The predicted molar refractivity (Wildman–Crippen MR) is 67.1 cm³/mol. The standard InChI is InChI=1S/C12H12Cl2O3/c1-3-17-12(16)8-4-5-10(14)9(6-8)11(15)7(2)13/h4-7H,3H2,1-2H3. The maximum absolute atomic E-state index is 11.7. The van der Waals surface area contributed by atoms with Crippen molar-refractivity contribution in [3.63, 3.8) is 0 Å². The minimum Gasteiger partial charge on any atom is -0.462 e. The number of ketones is 1. The molecule has 0 N–H and O–H groups in total. The van der Waals surface area contributed by atoms with Crippen molar-refractivity contribution in [1.82, 2.24) is 0 Å². The summed E-state index contributed by atoms with van der Waals surface area (Å²) in [5, 5.41) is -0.416. The first-order valence-corrected chi connectivity index (χ1v) is 5.93. The molecule has 5 heteroatoms. The van der Waals surface area contributed by atoms with Gasteiger partial charge in [0, 0.05) is 5.56 Å². The van der Waals surface area contributed by atoms with Gasteiger partial charge in [-0.25, -0.2) is 4.79 Å². The van der Waals surface area contributed by atoms with Crippen molar-refractivity contribution < 1.29 is 14.3 Å². The van der Waals surface area contributed by atoms with E-state index in [2.05, 4.69) is 0 Å². The molecule has 0 spiro atoms. The molecular formula is C12H12Cl2O3. The Morgan fingerprint density at radius 2 is 2.06 bits per heavy atom. The van der Waals surface area contributed by atoms with E-state index >= 15 is 0 Å². The third-order valence-electron chi connectivity index (χ3n) is 2.10. The van der Waals surface area contributed by atoms with Crippen molar-refractivity contribution >= 4 is 35.0 Å². The summed E-state index contributed by atoms with van der Waals surface area (Å²) >= 11 is 11.6. The lowest BCUT2D eigenvalue weighted by Gasteiger charge is -2.07. The molecule has 0 fully saturated rings. The number of hydrogen-bond acceptors (Lipinski definition) is 3. The maximum atomic E-state index is 11.7. The lowest BCUT2D eigenvalue weighted by molar-refractivity contribution is 0.0526. The van der Waals surface area contributed by atoms with Gasteiger partial charge in [0.15, 0.2) is 5.78 Å². The fourth-order valence-corrected chi connectivity index (χ4v) is 1.60. The number of alkyl halides is 1. The van der Waals surface area contributed by atoms with E-state index in [1.165, 1.54) is 18.2 Å². The first kappa shape index (κ1) is 14.0. The molecular weight excluding hydrogens is 263 g/mol. The number of esters is 1. The highest BCUT2D eigenvalue weighted by Crippen LogP contribution is 2.21. The normalized spacial score (nSPS) is 12.0. The first-order chi connectivity index (χ1) is 7.97.